The number of carbonyl (C=O) groups is 1. The second-order valence-corrected chi connectivity index (χ2v) is 5.54. The molecule has 0 bridgehead atoms. The quantitative estimate of drug-likeness (QED) is 0.805. The molecule has 0 saturated heterocycles. The molecule has 1 aromatic heterocycles. The zero-order valence-electron chi connectivity index (χ0n) is 12.9. The zero-order valence-corrected chi connectivity index (χ0v) is 12.9. The molecule has 0 unspecified atom stereocenters. The molecular weight excluding hydrogens is 266 g/mol. The number of amides is 1. The molecule has 2 heterocycles. The number of methoxy groups -OCH3 is 1. The van der Waals surface area contributed by atoms with E-state index in [-0.39, 0.29) is 12.0 Å². The zero-order chi connectivity index (χ0) is 15.1. The predicted molar refractivity (Wildman–Crippen MR) is 83.5 cm³/mol. The first-order chi connectivity index (χ1) is 10.2. The van der Waals surface area contributed by atoms with Crippen LogP contribution in [-0.2, 0) is 22.4 Å². The first-order valence-electron chi connectivity index (χ1n) is 7.71. The molecule has 5 nitrogen and oxygen atoms in total. The number of aryl methyl sites for hydroxylation is 2. The lowest BCUT2D eigenvalue weighted by Gasteiger charge is -2.17. The highest BCUT2D eigenvalue weighted by atomic mass is 16.5. The molecule has 1 aliphatic rings. The summed E-state index contributed by atoms with van der Waals surface area (Å²) in [5.74, 6) is 1.10. The largest absolute Gasteiger partial charge is 0.380 e. The molecule has 1 aliphatic heterocycles. The van der Waals surface area contributed by atoms with E-state index in [1.54, 1.807) is 7.11 Å². The van der Waals surface area contributed by atoms with Crippen molar-refractivity contribution in [1.82, 2.24) is 10.3 Å². The number of carbonyl (C=O) groups excluding carboxylic acids is 1. The second kappa shape index (κ2) is 7.98. The Morgan fingerprint density at radius 3 is 3.19 bits per heavy atom. The Morgan fingerprint density at radius 2 is 2.38 bits per heavy atom. The van der Waals surface area contributed by atoms with Crippen LogP contribution in [-0.4, -0.2) is 37.2 Å². The third-order valence-electron chi connectivity index (χ3n) is 3.78. The van der Waals surface area contributed by atoms with Crippen molar-refractivity contribution in [3.63, 3.8) is 0 Å². The van der Waals surface area contributed by atoms with Crippen molar-refractivity contribution in [2.45, 2.75) is 45.1 Å². The first-order valence-corrected chi connectivity index (χ1v) is 7.71. The van der Waals surface area contributed by atoms with Crippen LogP contribution >= 0.6 is 0 Å². The maximum atomic E-state index is 11.7. The van der Waals surface area contributed by atoms with Gasteiger partial charge in [-0.25, -0.2) is 4.98 Å². The number of pyridine rings is 1. The lowest BCUT2D eigenvalue weighted by Crippen LogP contribution is -2.31. The van der Waals surface area contributed by atoms with E-state index < -0.39 is 0 Å². The van der Waals surface area contributed by atoms with Crippen molar-refractivity contribution in [1.29, 1.82) is 0 Å². The number of rotatable bonds is 7. The van der Waals surface area contributed by atoms with Crippen molar-refractivity contribution in [3.8, 4) is 0 Å². The van der Waals surface area contributed by atoms with Crippen LogP contribution in [0.1, 0.15) is 37.4 Å². The van der Waals surface area contributed by atoms with Crippen LogP contribution < -0.4 is 10.6 Å². The molecule has 116 valence electrons. The summed E-state index contributed by atoms with van der Waals surface area (Å²) in [6, 6.07) is 4.24. The van der Waals surface area contributed by atoms with Gasteiger partial charge in [0.1, 0.15) is 5.82 Å². The molecule has 1 aromatic rings. The fourth-order valence-corrected chi connectivity index (χ4v) is 2.37. The summed E-state index contributed by atoms with van der Waals surface area (Å²) in [7, 11) is 1.65. The average molecular weight is 291 g/mol. The van der Waals surface area contributed by atoms with E-state index in [0.29, 0.717) is 13.0 Å². The van der Waals surface area contributed by atoms with Crippen LogP contribution in [0.25, 0.3) is 0 Å². The van der Waals surface area contributed by atoms with E-state index in [1.165, 1.54) is 12.0 Å². The van der Waals surface area contributed by atoms with Gasteiger partial charge in [-0.2, -0.15) is 0 Å². The molecule has 5 heteroatoms. The van der Waals surface area contributed by atoms with E-state index in [1.807, 2.05) is 6.92 Å². The minimum Gasteiger partial charge on any atom is -0.380 e. The summed E-state index contributed by atoms with van der Waals surface area (Å²) >= 11 is 0. The smallest absolute Gasteiger partial charge is 0.220 e. The van der Waals surface area contributed by atoms with Crippen LogP contribution in [0.4, 0.5) is 5.82 Å². The molecule has 2 rings (SSSR count). The van der Waals surface area contributed by atoms with E-state index in [2.05, 4.69) is 27.8 Å². The van der Waals surface area contributed by atoms with Gasteiger partial charge in [-0.3, -0.25) is 4.79 Å². The molecule has 21 heavy (non-hydrogen) atoms. The molecule has 2 N–H and O–H groups in total. The van der Waals surface area contributed by atoms with Crippen LogP contribution in [0, 0.1) is 0 Å². The van der Waals surface area contributed by atoms with Gasteiger partial charge in [0.25, 0.3) is 0 Å². The normalized spacial score (nSPS) is 15.0. The van der Waals surface area contributed by atoms with Gasteiger partial charge in [-0.05, 0) is 44.2 Å². The third kappa shape index (κ3) is 5.01. The Hall–Kier alpha value is -1.62. The van der Waals surface area contributed by atoms with Crippen molar-refractivity contribution >= 4 is 11.7 Å². The SMILES string of the molecule is CO[C@H](C)CNC(=O)CCCc1ccc2c(n1)NCCC2. The lowest BCUT2D eigenvalue weighted by molar-refractivity contribution is -0.121. The van der Waals surface area contributed by atoms with Crippen LogP contribution in [0.2, 0.25) is 0 Å². The van der Waals surface area contributed by atoms with Crippen LogP contribution in [0.3, 0.4) is 0 Å². The molecule has 0 aromatic carbocycles. The van der Waals surface area contributed by atoms with E-state index in [9.17, 15) is 4.79 Å². The fourth-order valence-electron chi connectivity index (χ4n) is 2.37. The average Bonchev–Trinajstić information content (AvgIpc) is 2.52. The number of hydrogen-bond acceptors (Lipinski definition) is 4. The van der Waals surface area contributed by atoms with Gasteiger partial charge in [-0.1, -0.05) is 6.07 Å². The Kier molecular flexibility index (Phi) is 5.99. The Labute approximate surface area is 126 Å². The van der Waals surface area contributed by atoms with Crippen LogP contribution in [0.15, 0.2) is 12.1 Å². The van der Waals surface area contributed by atoms with E-state index in [4.69, 9.17) is 4.74 Å². The second-order valence-electron chi connectivity index (χ2n) is 5.54. The summed E-state index contributed by atoms with van der Waals surface area (Å²) in [4.78, 5) is 16.3. The number of nitrogens with zero attached hydrogens (tertiary/aromatic N) is 1. The van der Waals surface area contributed by atoms with Gasteiger partial charge in [-0.15, -0.1) is 0 Å². The summed E-state index contributed by atoms with van der Waals surface area (Å²) in [6.45, 7) is 3.50. The lowest BCUT2D eigenvalue weighted by atomic mass is 10.1. The standard InChI is InChI=1S/C16H25N3O2/c1-12(21-2)11-18-15(20)7-3-6-14-9-8-13-5-4-10-17-16(13)19-14/h8-9,12H,3-7,10-11H2,1-2H3,(H,17,19)(H,18,20)/t12-/m1/s1. The molecule has 0 aliphatic carbocycles. The van der Waals surface area contributed by atoms with Crippen molar-refractivity contribution in [3.05, 3.63) is 23.4 Å². The highest BCUT2D eigenvalue weighted by Crippen LogP contribution is 2.20. The van der Waals surface area contributed by atoms with Gasteiger partial charge in [0.15, 0.2) is 0 Å². The maximum Gasteiger partial charge on any atom is 0.220 e. The summed E-state index contributed by atoms with van der Waals surface area (Å²) < 4.78 is 5.10. The van der Waals surface area contributed by atoms with E-state index >= 15 is 0 Å². The minimum atomic E-state index is 0.0577. The molecule has 0 fully saturated rings. The van der Waals surface area contributed by atoms with Crippen molar-refractivity contribution in [2.75, 3.05) is 25.5 Å². The third-order valence-corrected chi connectivity index (χ3v) is 3.78. The molecule has 1 atom stereocenters. The van der Waals surface area contributed by atoms with Gasteiger partial charge in [0.2, 0.25) is 5.91 Å². The number of fused-ring (bicyclic) bond motifs is 1. The molecule has 1 amide bonds. The molecule has 0 spiro atoms. The van der Waals surface area contributed by atoms with Gasteiger partial charge in [0.05, 0.1) is 6.10 Å². The summed E-state index contributed by atoms with van der Waals surface area (Å²) in [5.41, 5.74) is 2.36. The van der Waals surface area contributed by atoms with Gasteiger partial charge in [0, 0.05) is 32.3 Å². The number of anilines is 1. The monoisotopic (exact) mass is 291 g/mol. The topological polar surface area (TPSA) is 63.2 Å². The highest BCUT2D eigenvalue weighted by molar-refractivity contribution is 5.75. The Balaban J connectivity index is 1.72. The molecule has 0 radical (unpaired) electrons. The van der Waals surface area contributed by atoms with Crippen LogP contribution in [0.5, 0.6) is 0 Å². The predicted octanol–water partition coefficient (Wildman–Crippen LogP) is 1.91. The van der Waals surface area contributed by atoms with Gasteiger partial charge >= 0.3 is 0 Å². The molecular formula is C16H25N3O2. The summed E-state index contributed by atoms with van der Waals surface area (Å²) in [6.07, 6.45) is 4.52. The number of hydrogen-bond donors (Lipinski definition) is 2. The van der Waals surface area contributed by atoms with Crippen molar-refractivity contribution < 1.29 is 9.53 Å². The Morgan fingerprint density at radius 1 is 1.52 bits per heavy atom. The maximum absolute atomic E-state index is 11.7. The first kappa shape index (κ1) is 15.8. The highest BCUT2D eigenvalue weighted by Gasteiger charge is 2.10. The number of nitrogens with one attached hydrogen (secondary N) is 2. The van der Waals surface area contributed by atoms with Gasteiger partial charge < -0.3 is 15.4 Å². The number of ether oxygens (including phenoxy) is 1. The molecule has 0 saturated carbocycles. The van der Waals surface area contributed by atoms with E-state index in [0.717, 1.165) is 37.3 Å². The van der Waals surface area contributed by atoms with Crippen molar-refractivity contribution in [2.24, 2.45) is 0 Å². The minimum absolute atomic E-state index is 0.0577. The summed E-state index contributed by atoms with van der Waals surface area (Å²) in [5, 5.41) is 6.21. The Bertz CT molecular complexity index is 477. The number of aromatic nitrogens is 1. The fraction of sp³-hybridized carbons (Fsp3) is 0.625.